The van der Waals surface area contributed by atoms with E-state index in [1.807, 2.05) is 12.1 Å². The summed E-state index contributed by atoms with van der Waals surface area (Å²) < 4.78 is 12.7. The summed E-state index contributed by atoms with van der Waals surface area (Å²) in [4.78, 5) is 19.0. The van der Waals surface area contributed by atoms with E-state index >= 15 is 0 Å². The summed E-state index contributed by atoms with van der Waals surface area (Å²) in [6, 6.07) is 164. The second kappa shape index (κ2) is 46.3. The molecular formula is C131H135O2S5+5. The Bertz CT molecular complexity index is 6390. The van der Waals surface area contributed by atoms with E-state index in [1.54, 1.807) is 0 Å². The summed E-state index contributed by atoms with van der Waals surface area (Å²) >= 11 is 1.28. The molecule has 4 fully saturated rings. The molecule has 4 saturated carbocycles. The van der Waals surface area contributed by atoms with Crippen LogP contribution in [-0.4, -0.2) is 12.9 Å². The fourth-order valence-corrected chi connectivity index (χ4v) is 29.1. The molecule has 18 aromatic carbocycles. The van der Waals surface area contributed by atoms with Crippen molar-refractivity contribution in [2.24, 2.45) is 23.7 Å². The van der Waals surface area contributed by atoms with E-state index in [4.69, 9.17) is 9.47 Å². The molecular weight excluding hydrogens is 1770 g/mol. The SMILES string of the molecule is CC(C)(C)c1ccc([S+](c2ccc(C(C)(C)C)cc2)c2ccc(C(C)(C)C)cc2)cc1.CC(C)(C)c1ccc([S+](c2ccccc2)c2ccccc2)cc1.Cc1cc([S+](c2ccccc2)c2ccccc2)cc(C)c1OCOC1C2CC3CC(C2)CC1C3.c1ccc([S+](c2cccc3ccccc23)c2cccc3ccccc23)cc1.c1ccc([SH+]c2ccccc2)cc1.c1ccc2ccccc2c1. The molecule has 4 bridgehead atoms. The monoisotopic (exact) mass is 1900 g/mol. The van der Waals surface area contributed by atoms with Gasteiger partial charge in [0.05, 0.1) is 38.8 Å². The maximum atomic E-state index is 6.43. The molecule has 0 N–H and O–H groups in total. The zero-order valence-electron chi connectivity index (χ0n) is 82.8. The minimum atomic E-state index is -0.164. The molecule has 0 atom stereocenters. The average molecular weight is 1900 g/mol. The number of hydrogen-bond donors (Lipinski definition) is 0. The predicted molar refractivity (Wildman–Crippen MR) is 595 cm³/mol. The molecule has 0 radical (unpaired) electrons. The van der Waals surface area contributed by atoms with Gasteiger partial charge in [-0.1, -0.05) is 368 Å². The van der Waals surface area contributed by atoms with Crippen LogP contribution < -0.4 is 4.74 Å². The molecule has 0 unspecified atom stereocenters. The molecule has 138 heavy (non-hydrogen) atoms. The highest BCUT2D eigenvalue weighted by atomic mass is 32.2. The number of fused-ring (bicyclic) bond motifs is 3. The topological polar surface area (TPSA) is 18.5 Å². The van der Waals surface area contributed by atoms with Crippen molar-refractivity contribution in [3.05, 3.63) is 488 Å². The fraction of sp³-hybridized carbons (Fsp3) is 0.221. The van der Waals surface area contributed by atoms with E-state index < -0.39 is 0 Å². The fourth-order valence-electron chi connectivity index (χ4n) is 19.4. The number of aryl methyl sites for hydroxylation is 2. The van der Waals surface area contributed by atoms with Crippen LogP contribution in [0.5, 0.6) is 5.75 Å². The summed E-state index contributed by atoms with van der Waals surface area (Å²) in [7, 11) is -0.476. The van der Waals surface area contributed by atoms with Crippen LogP contribution >= 0.6 is 0 Å². The van der Waals surface area contributed by atoms with Crippen LogP contribution in [0.25, 0.3) is 32.3 Å². The molecule has 4 aliphatic rings. The Morgan fingerprint density at radius 1 is 0.239 bits per heavy atom. The van der Waals surface area contributed by atoms with Gasteiger partial charge in [0.1, 0.15) is 16.6 Å². The van der Waals surface area contributed by atoms with Gasteiger partial charge < -0.3 is 9.47 Å². The molecule has 18 aromatic rings. The number of rotatable bonds is 18. The standard InChI is InChI=1S/C31H35O2S.C30H39S.C26H19S.C22H23S.C12H10S.C10H8/c1-21-13-29(34(27-9-5-3-6-10-27)28-11-7-4-8-12-28)14-22(2)30(21)32-20-33-31-25-16-23-15-24(18-25)19-26(31)17-23;1-28(2,3)22-10-16-25(17-11-22)31(26-18-12-23(13-19-26)29(4,5)6)27-20-14-24(15-21-27)30(7,8)9;1-2-14-22(15-3-1)27(25-18-8-12-20-10-4-6-16-23(20)25)26-19-9-13-21-11-5-7-17-24(21)26;1-22(2,3)18-14-16-21(17-15-18)23(19-10-6-4-7-11-19)20-12-8-5-9-13-20;1-3-7-11(8-4-1)13-12-9-5-2-6-10-12;1-2-6-10-8-4-3-7-9(10)5-1/h3-14,23-26,31H,15-20H2,1-2H3;10-21H,1-9H3;1-19H;4-17H,1-3H3;1-10H;1-8H/q4*+1;;/p+1. The highest BCUT2D eigenvalue weighted by Crippen LogP contribution is 2.55. The third kappa shape index (κ3) is 25.8. The average Bonchev–Trinajstić information content (AvgIpc) is 0.765. The van der Waals surface area contributed by atoms with Gasteiger partial charge in [-0.2, -0.15) is 0 Å². The zero-order chi connectivity index (χ0) is 96.2. The van der Waals surface area contributed by atoms with Gasteiger partial charge in [-0.15, -0.1) is 0 Å². The first-order valence-electron chi connectivity index (χ1n) is 49.0. The lowest BCUT2D eigenvalue weighted by Crippen LogP contribution is -2.49. The lowest BCUT2D eigenvalue weighted by molar-refractivity contribution is -0.155. The van der Waals surface area contributed by atoms with E-state index in [9.17, 15) is 0 Å². The smallest absolute Gasteiger partial charge is 0.189 e. The van der Waals surface area contributed by atoms with E-state index in [0.29, 0.717) is 12.9 Å². The Balaban J connectivity index is 0.000000124. The lowest BCUT2D eigenvalue weighted by Gasteiger charge is -2.53. The van der Waals surface area contributed by atoms with Crippen LogP contribution in [0.15, 0.2) is 524 Å². The molecule has 4 aliphatic carbocycles. The molecule has 696 valence electrons. The molecule has 0 spiro atoms. The summed E-state index contributed by atoms with van der Waals surface area (Å²) in [6.07, 6.45) is 7.42. The summed E-state index contributed by atoms with van der Waals surface area (Å²) in [5.74, 6) is 4.47. The van der Waals surface area contributed by atoms with Gasteiger partial charge in [0.2, 0.25) is 0 Å². The van der Waals surface area contributed by atoms with Crippen LogP contribution in [0.3, 0.4) is 0 Å². The van der Waals surface area contributed by atoms with Crippen molar-refractivity contribution in [3.63, 3.8) is 0 Å². The maximum Gasteiger partial charge on any atom is 0.189 e. The van der Waals surface area contributed by atoms with Gasteiger partial charge in [0.15, 0.2) is 75.3 Å². The molecule has 0 saturated heterocycles. The third-order valence-electron chi connectivity index (χ3n) is 26.4. The van der Waals surface area contributed by atoms with Crippen molar-refractivity contribution in [2.75, 3.05) is 6.79 Å². The van der Waals surface area contributed by atoms with E-state index in [0.717, 1.165) is 29.4 Å². The van der Waals surface area contributed by atoms with Crippen molar-refractivity contribution < 1.29 is 9.47 Å². The molecule has 0 amide bonds. The number of thiol groups is 1. The predicted octanol–water partition coefficient (Wildman–Crippen LogP) is 35.2. The van der Waals surface area contributed by atoms with Crippen LogP contribution in [0, 0.1) is 37.5 Å². The molecule has 0 heterocycles. The van der Waals surface area contributed by atoms with Crippen LogP contribution in [0.1, 0.15) is 149 Å². The summed E-state index contributed by atoms with van der Waals surface area (Å²) in [5, 5.41) is 7.88. The second-order valence-corrected chi connectivity index (χ2v) is 50.0. The van der Waals surface area contributed by atoms with Crippen molar-refractivity contribution in [1.29, 1.82) is 0 Å². The lowest BCUT2D eigenvalue weighted by atomic mass is 9.55. The van der Waals surface area contributed by atoms with Gasteiger partial charge in [0.25, 0.3) is 0 Å². The number of ether oxygens (including phenoxy) is 2. The van der Waals surface area contributed by atoms with Gasteiger partial charge >= 0.3 is 0 Å². The van der Waals surface area contributed by atoms with Crippen molar-refractivity contribution in [3.8, 4) is 5.75 Å². The normalized spacial score (nSPS) is 15.4. The van der Waals surface area contributed by atoms with Crippen molar-refractivity contribution >= 4 is 87.7 Å². The van der Waals surface area contributed by atoms with E-state index in [-0.39, 0.29) is 65.2 Å². The largest absolute Gasteiger partial charge is 0.467 e. The van der Waals surface area contributed by atoms with Crippen LogP contribution in [-0.2, 0) is 81.7 Å². The Labute approximate surface area is 840 Å². The highest BCUT2D eigenvalue weighted by molar-refractivity contribution is 7.98. The molecule has 0 aromatic heterocycles. The second-order valence-electron chi connectivity index (χ2n) is 40.7. The Morgan fingerprint density at radius 3 is 0.768 bits per heavy atom. The van der Waals surface area contributed by atoms with Crippen LogP contribution in [0.2, 0.25) is 0 Å². The van der Waals surface area contributed by atoms with Gasteiger partial charge in [-0.25, -0.2) is 0 Å². The third-order valence-corrected chi connectivity index (χ3v) is 36.5. The molecule has 0 aliphatic heterocycles. The number of hydrogen-bond acceptors (Lipinski definition) is 2. The van der Waals surface area contributed by atoms with Crippen molar-refractivity contribution in [2.45, 2.75) is 225 Å². The molecule has 7 heteroatoms. The van der Waals surface area contributed by atoms with E-state index in [1.165, 1.54) is 178 Å². The summed E-state index contributed by atoms with van der Waals surface area (Å²) in [5.41, 5.74) is 8.59. The van der Waals surface area contributed by atoms with Crippen LogP contribution in [0.4, 0.5) is 0 Å². The first-order valence-corrected chi connectivity index (χ1v) is 54.8. The Kier molecular flexibility index (Phi) is 33.3. The Morgan fingerprint density at radius 2 is 0.478 bits per heavy atom. The number of benzene rings is 18. The first-order chi connectivity index (χ1) is 66.8. The molecule has 22 rings (SSSR count). The van der Waals surface area contributed by atoms with E-state index in [2.05, 4.69) is 540 Å². The van der Waals surface area contributed by atoms with Gasteiger partial charge in [-0.05, 0) is 304 Å². The minimum absolute atomic E-state index is 0.0497. The summed E-state index contributed by atoms with van der Waals surface area (Å²) in [6.45, 7) is 32.0. The van der Waals surface area contributed by atoms with Gasteiger partial charge in [0, 0.05) is 34.7 Å². The van der Waals surface area contributed by atoms with Crippen molar-refractivity contribution in [1.82, 2.24) is 0 Å². The molecule has 2 nitrogen and oxygen atoms in total. The quantitative estimate of drug-likeness (QED) is 0.0484. The Hall–Kier alpha value is -11.8. The zero-order valence-corrected chi connectivity index (χ0v) is 87.0. The minimum Gasteiger partial charge on any atom is -0.467 e. The highest BCUT2D eigenvalue weighted by Gasteiger charge is 2.49. The van der Waals surface area contributed by atoms with Gasteiger partial charge in [-0.3, -0.25) is 0 Å². The first kappa shape index (κ1) is 99.3. The maximum absolute atomic E-state index is 6.43.